The van der Waals surface area contributed by atoms with Crippen molar-refractivity contribution in [2.24, 2.45) is 10.1 Å². The number of nitrogens with one attached hydrogen (secondary N) is 1. The number of benzene rings is 2. The molecule has 34 heavy (non-hydrogen) atoms. The molecule has 1 N–H and O–H groups in total. The van der Waals surface area contributed by atoms with Gasteiger partial charge in [-0.1, -0.05) is 55.5 Å². The number of carbonyl (C=O) groups excluding carboxylic acids is 1. The summed E-state index contributed by atoms with van der Waals surface area (Å²) in [6.45, 7) is 6.25. The maximum Gasteiger partial charge on any atom is 0.283 e. The largest absolute Gasteiger partial charge is 0.318 e. The number of para-hydroxylation sites is 1. The Balaban J connectivity index is 1.48. The number of rotatable bonds is 5. The van der Waals surface area contributed by atoms with E-state index in [0.717, 1.165) is 39.7 Å². The number of hydrogen-bond acceptors (Lipinski definition) is 4. The third-order valence-corrected chi connectivity index (χ3v) is 6.99. The highest BCUT2D eigenvalue weighted by Crippen LogP contribution is 2.31. The Morgan fingerprint density at radius 3 is 2.56 bits per heavy atom. The minimum atomic E-state index is -0.404. The lowest BCUT2D eigenvalue weighted by Gasteiger charge is -2.20. The van der Waals surface area contributed by atoms with Crippen molar-refractivity contribution in [2.75, 3.05) is 0 Å². The Morgan fingerprint density at radius 1 is 1.06 bits per heavy atom. The highest BCUT2D eigenvalue weighted by molar-refractivity contribution is 8.26. The summed E-state index contributed by atoms with van der Waals surface area (Å²) in [4.78, 5) is 17.1. The molecule has 0 bridgehead atoms. The van der Waals surface area contributed by atoms with E-state index in [1.54, 1.807) is 6.08 Å². The molecule has 0 radical (unpaired) electrons. The van der Waals surface area contributed by atoms with Gasteiger partial charge in [-0.2, -0.15) is 15.1 Å². The monoisotopic (exact) mass is 467 g/mol. The van der Waals surface area contributed by atoms with Gasteiger partial charge in [0.25, 0.3) is 5.91 Å². The van der Waals surface area contributed by atoms with Crippen molar-refractivity contribution < 1.29 is 4.79 Å². The molecule has 0 aliphatic carbocycles. The first-order valence-electron chi connectivity index (χ1n) is 11.3. The van der Waals surface area contributed by atoms with Gasteiger partial charge in [0.1, 0.15) is 5.04 Å². The number of aromatic nitrogens is 1. The fourth-order valence-electron chi connectivity index (χ4n) is 4.36. The average molecular weight is 468 g/mol. The highest BCUT2D eigenvalue weighted by atomic mass is 32.2. The predicted octanol–water partition coefficient (Wildman–Crippen LogP) is 5.52. The van der Waals surface area contributed by atoms with Crippen LogP contribution in [0.5, 0.6) is 0 Å². The van der Waals surface area contributed by atoms with E-state index in [0.29, 0.717) is 11.6 Å². The molecule has 0 fully saturated rings. The number of hydrogen-bond donors (Lipinski definition) is 1. The van der Waals surface area contributed by atoms with Crippen molar-refractivity contribution >= 4 is 39.8 Å². The molecule has 2 aliphatic heterocycles. The molecule has 0 saturated carbocycles. The van der Waals surface area contributed by atoms with E-state index >= 15 is 0 Å². The van der Waals surface area contributed by atoms with Gasteiger partial charge in [0.2, 0.25) is 5.17 Å². The topological polar surface area (TPSA) is 73.8 Å². The lowest BCUT2D eigenvalue weighted by molar-refractivity contribution is -0.114. The number of nitrogens with zero attached hydrogens (tertiary/aromatic N) is 4. The number of thioether (sulfide) groups is 1. The van der Waals surface area contributed by atoms with E-state index in [1.807, 2.05) is 43.3 Å². The Labute approximate surface area is 203 Å². The summed E-state index contributed by atoms with van der Waals surface area (Å²) in [6.07, 6.45) is 3.34. The molecular weight excluding hydrogens is 442 g/mol. The van der Waals surface area contributed by atoms with Crippen molar-refractivity contribution in [3.05, 3.63) is 94.3 Å². The van der Waals surface area contributed by atoms with E-state index in [4.69, 9.17) is 5.41 Å². The second kappa shape index (κ2) is 8.91. The lowest BCUT2D eigenvalue weighted by atomic mass is 10.1. The Hall–Kier alpha value is -3.71. The van der Waals surface area contributed by atoms with Crippen molar-refractivity contribution in [2.45, 2.75) is 33.6 Å². The highest BCUT2D eigenvalue weighted by Gasteiger charge is 2.35. The van der Waals surface area contributed by atoms with Gasteiger partial charge in [0.05, 0.1) is 5.57 Å². The first kappa shape index (κ1) is 22.1. The quantitative estimate of drug-likeness (QED) is 0.502. The van der Waals surface area contributed by atoms with Gasteiger partial charge in [0.15, 0.2) is 5.84 Å². The van der Waals surface area contributed by atoms with Crippen molar-refractivity contribution in [1.29, 1.82) is 5.41 Å². The van der Waals surface area contributed by atoms with E-state index in [-0.39, 0.29) is 11.4 Å². The summed E-state index contributed by atoms with van der Waals surface area (Å²) < 4.78 is 2.21. The maximum atomic E-state index is 12.9. The number of aliphatic imine (C=N–C) groups is 1. The summed E-state index contributed by atoms with van der Waals surface area (Å²) in [5.74, 6) is -0.344. The smallest absolute Gasteiger partial charge is 0.283 e. The van der Waals surface area contributed by atoms with Crippen LogP contribution in [-0.4, -0.2) is 31.5 Å². The molecule has 2 aliphatic rings. The van der Waals surface area contributed by atoms with Gasteiger partial charge < -0.3 is 4.57 Å². The summed E-state index contributed by atoms with van der Waals surface area (Å²) in [5, 5.41) is 16.0. The first-order valence-corrected chi connectivity index (χ1v) is 12.1. The average Bonchev–Trinajstić information content (AvgIpc) is 3.36. The van der Waals surface area contributed by atoms with Gasteiger partial charge in [-0.15, -0.1) is 0 Å². The van der Waals surface area contributed by atoms with Crippen LogP contribution in [0.3, 0.4) is 0 Å². The van der Waals surface area contributed by atoms with E-state index in [2.05, 4.69) is 52.8 Å². The SMILES string of the molecule is CCc1ccccc1-n1c(C)cc(/C=C2\C(=N)N3N=C(Cc4ccccc4)SC3=NC2=O)c1C. The number of amidine groups is 2. The lowest BCUT2D eigenvalue weighted by Crippen LogP contribution is -2.35. The van der Waals surface area contributed by atoms with Crippen LogP contribution in [0.2, 0.25) is 0 Å². The minimum Gasteiger partial charge on any atom is -0.318 e. The van der Waals surface area contributed by atoms with Crippen molar-refractivity contribution in [3.8, 4) is 5.69 Å². The summed E-state index contributed by atoms with van der Waals surface area (Å²) in [5.41, 5.74) is 6.76. The van der Waals surface area contributed by atoms with Gasteiger partial charge in [-0.3, -0.25) is 10.2 Å². The Morgan fingerprint density at radius 2 is 1.79 bits per heavy atom. The second-order valence-corrected chi connectivity index (χ2v) is 9.36. The van der Waals surface area contributed by atoms with E-state index < -0.39 is 5.91 Å². The zero-order valence-corrected chi connectivity index (χ0v) is 20.2. The van der Waals surface area contributed by atoms with Crippen LogP contribution in [0.25, 0.3) is 11.8 Å². The molecule has 2 aromatic carbocycles. The molecule has 1 amide bonds. The minimum absolute atomic E-state index is 0.0596. The van der Waals surface area contributed by atoms with Crippen LogP contribution in [0.1, 0.15) is 35.0 Å². The molecule has 5 rings (SSSR count). The summed E-state index contributed by atoms with van der Waals surface area (Å²) in [6, 6.07) is 20.4. The maximum absolute atomic E-state index is 12.9. The Kier molecular flexibility index (Phi) is 5.79. The van der Waals surface area contributed by atoms with Gasteiger partial charge >= 0.3 is 0 Å². The van der Waals surface area contributed by atoms with Crippen LogP contribution in [0.4, 0.5) is 0 Å². The number of carbonyl (C=O) groups is 1. The number of amides is 1. The van der Waals surface area contributed by atoms with Crippen LogP contribution in [0, 0.1) is 19.3 Å². The fourth-order valence-corrected chi connectivity index (χ4v) is 5.28. The number of hydrazone groups is 1. The zero-order valence-electron chi connectivity index (χ0n) is 19.4. The molecule has 7 heteroatoms. The van der Waals surface area contributed by atoms with E-state index in [9.17, 15) is 4.79 Å². The third-order valence-electron chi connectivity index (χ3n) is 6.08. The summed E-state index contributed by atoms with van der Waals surface area (Å²) >= 11 is 1.35. The first-order chi connectivity index (χ1) is 16.5. The molecule has 1 aromatic heterocycles. The standard InChI is InChI=1S/C27H25N5OS/c1-4-20-12-8-9-13-23(20)31-17(2)14-21(18(31)3)16-22-25(28)32-27(29-26(22)33)34-24(30-32)15-19-10-6-5-7-11-19/h5-14,16,28H,4,15H2,1-3H3/b22-16+,28-25?. The van der Waals surface area contributed by atoms with Crippen LogP contribution in [0.15, 0.2) is 76.3 Å². The fraction of sp³-hybridized carbons (Fsp3) is 0.185. The predicted molar refractivity (Wildman–Crippen MR) is 140 cm³/mol. The van der Waals surface area contributed by atoms with Crippen LogP contribution >= 0.6 is 11.8 Å². The molecule has 3 heterocycles. The molecule has 0 unspecified atom stereocenters. The molecular formula is C27H25N5OS. The number of aryl methyl sites for hydroxylation is 2. The van der Waals surface area contributed by atoms with Gasteiger partial charge in [0, 0.05) is 23.5 Å². The third kappa shape index (κ3) is 3.92. The van der Waals surface area contributed by atoms with Crippen LogP contribution in [-0.2, 0) is 17.6 Å². The number of fused-ring (bicyclic) bond motifs is 1. The molecule has 3 aromatic rings. The van der Waals surface area contributed by atoms with Gasteiger partial charge in [-0.05, 0) is 66.9 Å². The Bertz CT molecular complexity index is 1400. The van der Waals surface area contributed by atoms with Crippen LogP contribution < -0.4 is 0 Å². The molecule has 170 valence electrons. The summed E-state index contributed by atoms with van der Waals surface area (Å²) in [7, 11) is 0. The van der Waals surface area contributed by atoms with E-state index in [1.165, 1.54) is 22.3 Å². The van der Waals surface area contributed by atoms with Crippen molar-refractivity contribution in [3.63, 3.8) is 0 Å². The molecule has 0 saturated heterocycles. The zero-order chi connectivity index (χ0) is 23.8. The molecule has 0 spiro atoms. The molecule has 6 nitrogen and oxygen atoms in total. The van der Waals surface area contributed by atoms with Crippen molar-refractivity contribution in [1.82, 2.24) is 9.58 Å². The molecule has 0 atom stereocenters. The van der Waals surface area contributed by atoms with Gasteiger partial charge in [-0.25, -0.2) is 0 Å². The normalized spacial score (nSPS) is 16.7. The second-order valence-electron chi connectivity index (χ2n) is 8.32.